The first-order valence-electron chi connectivity index (χ1n) is 7.85. The summed E-state index contributed by atoms with van der Waals surface area (Å²) in [5, 5.41) is 11.7. The standard InChI is InChI=1S/C17H26ClNO2/c1-4-19(5-2)17(10-6-7-11-17)16(20)13-8-9-14(18)15(12-13)21-3/h8-9,12,16,20H,4-7,10-11H2,1-3H3. The van der Waals surface area contributed by atoms with E-state index in [1.54, 1.807) is 7.11 Å². The molecule has 1 aliphatic carbocycles. The number of hydrogen-bond donors (Lipinski definition) is 1. The van der Waals surface area contributed by atoms with Gasteiger partial charge in [-0.2, -0.15) is 0 Å². The minimum absolute atomic E-state index is 0.150. The molecule has 1 unspecified atom stereocenters. The highest BCUT2D eigenvalue weighted by Gasteiger charge is 2.45. The van der Waals surface area contributed by atoms with E-state index in [1.807, 2.05) is 18.2 Å². The summed E-state index contributed by atoms with van der Waals surface area (Å²) >= 11 is 6.10. The lowest BCUT2D eigenvalue weighted by molar-refractivity contribution is -0.0269. The van der Waals surface area contributed by atoms with E-state index < -0.39 is 6.10 Å². The fraction of sp³-hybridized carbons (Fsp3) is 0.647. The molecule has 4 heteroatoms. The average molecular weight is 312 g/mol. The number of ether oxygens (including phenoxy) is 1. The Bertz CT molecular complexity index is 468. The van der Waals surface area contributed by atoms with Gasteiger partial charge in [0, 0.05) is 0 Å². The third-order valence-electron chi connectivity index (χ3n) is 4.86. The Morgan fingerprint density at radius 3 is 2.43 bits per heavy atom. The predicted octanol–water partition coefficient (Wildman–Crippen LogP) is 4.04. The maximum absolute atomic E-state index is 11.1. The molecule has 0 bridgehead atoms. The van der Waals surface area contributed by atoms with Crippen molar-refractivity contribution >= 4 is 11.6 Å². The van der Waals surface area contributed by atoms with E-state index in [0.717, 1.165) is 31.5 Å². The molecule has 0 radical (unpaired) electrons. The summed E-state index contributed by atoms with van der Waals surface area (Å²) < 4.78 is 5.29. The third kappa shape index (κ3) is 3.05. The molecular weight excluding hydrogens is 286 g/mol. The summed E-state index contributed by atoms with van der Waals surface area (Å²) in [5.74, 6) is 0.626. The van der Waals surface area contributed by atoms with Gasteiger partial charge < -0.3 is 9.84 Å². The molecule has 1 atom stereocenters. The van der Waals surface area contributed by atoms with Gasteiger partial charge in [0.2, 0.25) is 0 Å². The van der Waals surface area contributed by atoms with Crippen LogP contribution in [0.1, 0.15) is 51.2 Å². The molecule has 1 aromatic rings. The number of benzene rings is 1. The molecule has 21 heavy (non-hydrogen) atoms. The minimum atomic E-state index is -0.508. The lowest BCUT2D eigenvalue weighted by atomic mass is 9.84. The Morgan fingerprint density at radius 2 is 1.90 bits per heavy atom. The third-order valence-corrected chi connectivity index (χ3v) is 5.17. The average Bonchev–Trinajstić information content (AvgIpc) is 2.99. The smallest absolute Gasteiger partial charge is 0.137 e. The highest BCUT2D eigenvalue weighted by Crippen LogP contribution is 2.45. The zero-order valence-corrected chi connectivity index (χ0v) is 14.0. The molecule has 2 rings (SSSR count). The monoisotopic (exact) mass is 311 g/mol. The minimum Gasteiger partial charge on any atom is -0.495 e. The van der Waals surface area contributed by atoms with Crippen LogP contribution in [0.3, 0.4) is 0 Å². The second kappa shape index (κ2) is 6.99. The van der Waals surface area contributed by atoms with E-state index in [2.05, 4.69) is 18.7 Å². The van der Waals surface area contributed by atoms with Crippen LogP contribution in [0.25, 0.3) is 0 Å². The van der Waals surface area contributed by atoms with Crippen molar-refractivity contribution < 1.29 is 9.84 Å². The first-order chi connectivity index (χ1) is 10.1. The predicted molar refractivity (Wildman–Crippen MR) is 87.1 cm³/mol. The zero-order chi connectivity index (χ0) is 15.5. The SMILES string of the molecule is CCN(CC)C1(C(O)c2ccc(Cl)c(OC)c2)CCCC1. The fourth-order valence-electron chi connectivity index (χ4n) is 3.76. The maximum atomic E-state index is 11.1. The summed E-state index contributed by atoms with van der Waals surface area (Å²) in [6.07, 6.45) is 3.93. The van der Waals surface area contributed by atoms with Crippen molar-refractivity contribution in [1.82, 2.24) is 4.90 Å². The molecule has 3 nitrogen and oxygen atoms in total. The molecule has 0 saturated heterocycles. The Hall–Kier alpha value is -0.770. The second-order valence-corrected chi connectivity index (χ2v) is 6.19. The van der Waals surface area contributed by atoms with Gasteiger partial charge in [0.15, 0.2) is 0 Å². The number of rotatable bonds is 6. The fourth-order valence-corrected chi connectivity index (χ4v) is 3.95. The highest BCUT2D eigenvalue weighted by molar-refractivity contribution is 6.32. The van der Waals surface area contributed by atoms with Crippen LogP contribution >= 0.6 is 11.6 Å². The van der Waals surface area contributed by atoms with Gasteiger partial charge in [0.05, 0.1) is 23.8 Å². The van der Waals surface area contributed by atoms with Crippen LogP contribution < -0.4 is 4.74 Å². The molecule has 118 valence electrons. The summed E-state index contributed by atoms with van der Waals surface area (Å²) in [4.78, 5) is 2.41. The molecule has 0 aliphatic heterocycles. The molecule has 1 saturated carbocycles. The van der Waals surface area contributed by atoms with Gasteiger partial charge in [-0.05, 0) is 43.6 Å². The normalized spacial score (nSPS) is 19.0. The van der Waals surface area contributed by atoms with Crippen LogP contribution in [0.2, 0.25) is 5.02 Å². The number of methoxy groups -OCH3 is 1. The summed E-state index contributed by atoms with van der Waals surface area (Å²) in [5.41, 5.74) is 0.743. The lowest BCUT2D eigenvalue weighted by Crippen LogP contribution is -2.51. The Labute approximate surface area is 132 Å². The number of nitrogens with zero attached hydrogens (tertiary/aromatic N) is 1. The quantitative estimate of drug-likeness (QED) is 0.860. The number of halogens is 1. The number of aliphatic hydroxyl groups is 1. The van der Waals surface area contributed by atoms with E-state index in [9.17, 15) is 5.11 Å². The zero-order valence-electron chi connectivity index (χ0n) is 13.2. The Kier molecular flexibility index (Phi) is 5.53. The van der Waals surface area contributed by atoms with Crippen LogP contribution in [-0.2, 0) is 0 Å². The first kappa shape index (κ1) is 16.6. The van der Waals surface area contributed by atoms with Crippen molar-refractivity contribution in [3.05, 3.63) is 28.8 Å². The van der Waals surface area contributed by atoms with Crippen LogP contribution in [0.4, 0.5) is 0 Å². The van der Waals surface area contributed by atoms with E-state index >= 15 is 0 Å². The van der Waals surface area contributed by atoms with Crippen LogP contribution in [0, 0.1) is 0 Å². The van der Waals surface area contributed by atoms with Crippen LogP contribution in [0.15, 0.2) is 18.2 Å². The molecule has 1 aliphatic rings. The van der Waals surface area contributed by atoms with Crippen molar-refractivity contribution in [3.8, 4) is 5.75 Å². The van der Waals surface area contributed by atoms with Gasteiger partial charge in [-0.1, -0.05) is 44.4 Å². The highest BCUT2D eigenvalue weighted by atomic mass is 35.5. The van der Waals surface area contributed by atoms with Crippen molar-refractivity contribution in [2.45, 2.75) is 51.2 Å². The molecule has 0 heterocycles. The van der Waals surface area contributed by atoms with Gasteiger partial charge in [0.25, 0.3) is 0 Å². The van der Waals surface area contributed by atoms with Crippen molar-refractivity contribution in [2.75, 3.05) is 20.2 Å². The topological polar surface area (TPSA) is 32.7 Å². The molecule has 0 spiro atoms. The summed E-state index contributed by atoms with van der Waals surface area (Å²) in [6, 6.07) is 5.60. The number of hydrogen-bond acceptors (Lipinski definition) is 3. The number of aliphatic hydroxyl groups excluding tert-OH is 1. The second-order valence-electron chi connectivity index (χ2n) is 5.78. The van der Waals surface area contributed by atoms with E-state index in [-0.39, 0.29) is 5.54 Å². The van der Waals surface area contributed by atoms with Crippen molar-refractivity contribution in [2.24, 2.45) is 0 Å². The number of likely N-dealkylation sites (N-methyl/N-ethyl adjacent to an activating group) is 1. The summed E-state index contributed by atoms with van der Waals surface area (Å²) in [6.45, 7) is 6.24. The van der Waals surface area contributed by atoms with Gasteiger partial charge in [-0.25, -0.2) is 0 Å². The molecule has 0 aromatic heterocycles. The van der Waals surface area contributed by atoms with Crippen molar-refractivity contribution in [3.63, 3.8) is 0 Å². The van der Waals surface area contributed by atoms with E-state index in [1.165, 1.54) is 12.8 Å². The van der Waals surface area contributed by atoms with Gasteiger partial charge in [-0.15, -0.1) is 0 Å². The largest absolute Gasteiger partial charge is 0.495 e. The molecule has 1 fully saturated rings. The molecule has 0 amide bonds. The van der Waals surface area contributed by atoms with Crippen molar-refractivity contribution in [1.29, 1.82) is 0 Å². The molecular formula is C17H26ClNO2. The first-order valence-corrected chi connectivity index (χ1v) is 8.23. The maximum Gasteiger partial charge on any atom is 0.137 e. The Balaban J connectivity index is 2.36. The Morgan fingerprint density at radius 1 is 1.29 bits per heavy atom. The lowest BCUT2D eigenvalue weighted by Gasteiger charge is -2.44. The van der Waals surface area contributed by atoms with Gasteiger partial charge in [0.1, 0.15) is 5.75 Å². The van der Waals surface area contributed by atoms with Gasteiger partial charge in [-0.3, -0.25) is 4.90 Å². The van der Waals surface area contributed by atoms with Crippen LogP contribution in [0.5, 0.6) is 5.75 Å². The van der Waals surface area contributed by atoms with E-state index in [0.29, 0.717) is 10.8 Å². The molecule has 1 aromatic carbocycles. The van der Waals surface area contributed by atoms with Crippen LogP contribution in [-0.4, -0.2) is 35.7 Å². The molecule has 1 N–H and O–H groups in total. The van der Waals surface area contributed by atoms with Gasteiger partial charge >= 0.3 is 0 Å². The summed E-state index contributed by atoms with van der Waals surface area (Å²) in [7, 11) is 1.60. The van der Waals surface area contributed by atoms with E-state index in [4.69, 9.17) is 16.3 Å².